The van der Waals surface area contributed by atoms with Gasteiger partial charge in [-0.05, 0) is 70.6 Å². The number of hydrogen-bond acceptors (Lipinski definition) is 5. The van der Waals surface area contributed by atoms with Crippen molar-refractivity contribution in [3.8, 4) is 0 Å². The molecule has 5 heteroatoms. The smallest absolute Gasteiger partial charge is 0.306 e. The Balaban J connectivity index is 3.45. The molecule has 1 atom stereocenters. The summed E-state index contributed by atoms with van der Waals surface area (Å²) in [4.78, 5) is 24.4. The van der Waals surface area contributed by atoms with Crippen LogP contribution in [0, 0.1) is 0 Å². The van der Waals surface area contributed by atoms with Gasteiger partial charge >= 0.3 is 11.9 Å². The van der Waals surface area contributed by atoms with E-state index in [9.17, 15) is 14.7 Å². The van der Waals surface area contributed by atoms with Crippen molar-refractivity contribution >= 4 is 11.9 Å². The van der Waals surface area contributed by atoms with Crippen molar-refractivity contribution in [1.82, 2.24) is 0 Å². The fourth-order valence-corrected chi connectivity index (χ4v) is 7.35. The highest BCUT2D eigenvalue weighted by molar-refractivity contribution is 5.70. The topological polar surface area (TPSA) is 72.8 Å². The van der Waals surface area contributed by atoms with Crippen molar-refractivity contribution in [2.24, 2.45) is 0 Å². The van der Waals surface area contributed by atoms with Gasteiger partial charge in [0.05, 0.1) is 6.61 Å². The van der Waals surface area contributed by atoms with E-state index in [-0.39, 0.29) is 25.2 Å². The van der Waals surface area contributed by atoms with E-state index in [0.29, 0.717) is 12.8 Å². The van der Waals surface area contributed by atoms with Gasteiger partial charge in [0, 0.05) is 12.8 Å². The fraction of sp³-hybridized carbons (Fsp3) is 0.846. The van der Waals surface area contributed by atoms with E-state index in [1.165, 1.54) is 186 Å². The van der Waals surface area contributed by atoms with Gasteiger partial charge in [0.2, 0.25) is 0 Å². The van der Waals surface area contributed by atoms with Crippen molar-refractivity contribution in [3.63, 3.8) is 0 Å². The first-order chi connectivity index (χ1) is 28.1. The first kappa shape index (κ1) is 55.1. The quantitative estimate of drug-likeness (QED) is 0.0377. The highest BCUT2D eigenvalue weighted by Gasteiger charge is 2.16. The number of ether oxygens (including phenoxy) is 2. The van der Waals surface area contributed by atoms with Crippen molar-refractivity contribution < 1.29 is 24.2 Å². The van der Waals surface area contributed by atoms with Gasteiger partial charge in [-0.3, -0.25) is 9.59 Å². The van der Waals surface area contributed by atoms with Crippen LogP contribution >= 0.6 is 0 Å². The molecule has 0 spiro atoms. The van der Waals surface area contributed by atoms with Gasteiger partial charge in [0.15, 0.2) is 6.10 Å². The maximum Gasteiger partial charge on any atom is 0.306 e. The highest BCUT2D eigenvalue weighted by atomic mass is 16.6. The summed E-state index contributed by atoms with van der Waals surface area (Å²) in [6.45, 7) is 4.13. The lowest BCUT2D eigenvalue weighted by molar-refractivity contribution is -0.161. The number of carbonyl (C=O) groups excluding carboxylic acids is 2. The first-order valence-corrected chi connectivity index (χ1v) is 25.0. The third-order valence-electron chi connectivity index (χ3n) is 11.2. The van der Waals surface area contributed by atoms with Crippen LogP contribution in [0.15, 0.2) is 36.5 Å². The summed E-state index contributed by atoms with van der Waals surface area (Å²) in [5.74, 6) is -0.590. The third-order valence-corrected chi connectivity index (χ3v) is 11.2. The van der Waals surface area contributed by atoms with Crippen molar-refractivity contribution in [2.45, 2.75) is 270 Å². The molecule has 0 fully saturated rings. The maximum absolute atomic E-state index is 12.2. The van der Waals surface area contributed by atoms with Crippen molar-refractivity contribution in [1.29, 1.82) is 0 Å². The van der Waals surface area contributed by atoms with Crippen LogP contribution in [0.25, 0.3) is 0 Å². The molecule has 0 aromatic rings. The molecule has 1 N–H and O–H groups in total. The summed E-state index contributed by atoms with van der Waals surface area (Å²) in [6, 6.07) is 0. The van der Waals surface area contributed by atoms with Crippen LogP contribution in [0.2, 0.25) is 0 Å². The largest absolute Gasteiger partial charge is 0.462 e. The molecule has 0 saturated carbocycles. The fourth-order valence-electron chi connectivity index (χ4n) is 7.35. The molecule has 0 bridgehead atoms. The van der Waals surface area contributed by atoms with Crippen LogP contribution in [0.4, 0.5) is 0 Å². The summed E-state index contributed by atoms with van der Waals surface area (Å²) >= 11 is 0. The standard InChI is InChI=1S/C52H96O5/c1-3-5-7-9-11-13-15-17-19-20-21-22-23-24-25-26-27-28-29-30-31-32-33-35-37-39-41-43-45-47-52(55)57-50(48-53)49-56-51(54)46-44-42-40-38-36-34-18-16-14-12-10-8-6-4-2/h15-18,20-21,50,53H,3-14,19,22-49H2,1-2H3/b17-15-,18-16-,21-20-. The Labute approximate surface area is 355 Å². The second kappa shape index (κ2) is 48.5. The molecule has 0 aromatic heterocycles. The number of esters is 2. The molecule has 0 aliphatic carbocycles. The van der Waals surface area contributed by atoms with Crippen molar-refractivity contribution in [2.75, 3.05) is 13.2 Å². The van der Waals surface area contributed by atoms with E-state index in [0.717, 1.165) is 51.4 Å². The van der Waals surface area contributed by atoms with E-state index in [1.807, 2.05) is 0 Å². The molecule has 0 saturated heterocycles. The zero-order valence-corrected chi connectivity index (χ0v) is 38.1. The zero-order valence-electron chi connectivity index (χ0n) is 38.1. The predicted octanol–water partition coefficient (Wildman–Crippen LogP) is 16.4. The second-order valence-corrected chi connectivity index (χ2v) is 16.9. The minimum atomic E-state index is -0.772. The van der Waals surface area contributed by atoms with Crippen LogP contribution in [-0.2, 0) is 19.1 Å². The van der Waals surface area contributed by atoms with Gasteiger partial charge < -0.3 is 14.6 Å². The molecule has 0 aliphatic heterocycles. The third kappa shape index (κ3) is 46.7. The van der Waals surface area contributed by atoms with E-state index < -0.39 is 6.10 Å². The van der Waals surface area contributed by atoms with Crippen LogP contribution in [0.1, 0.15) is 264 Å². The van der Waals surface area contributed by atoms with Crippen molar-refractivity contribution in [3.05, 3.63) is 36.5 Å². The van der Waals surface area contributed by atoms with Crippen LogP contribution < -0.4 is 0 Å². The van der Waals surface area contributed by atoms with Crippen LogP contribution in [-0.4, -0.2) is 36.4 Å². The predicted molar refractivity (Wildman–Crippen MR) is 247 cm³/mol. The Morgan fingerprint density at radius 1 is 0.404 bits per heavy atom. The lowest BCUT2D eigenvalue weighted by Crippen LogP contribution is -2.28. The average molecular weight is 801 g/mol. The highest BCUT2D eigenvalue weighted by Crippen LogP contribution is 2.16. The van der Waals surface area contributed by atoms with Gasteiger partial charge in [-0.15, -0.1) is 0 Å². The molecule has 0 rings (SSSR count). The number of rotatable bonds is 46. The molecule has 5 nitrogen and oxygen atoms in total. The van der Waals surface area contributed by atoms with E-state index in [1.54, 1.807) is 0 Å². The molecule has 0 heterocycles. The Morgan fingerprint density at radius 2 is 0.702 bits per heavy atom. The second-order valence-electron chi connectivity index (χ2n) is 16.9. The van der Waals surface area contributed by atoms with Gasteiger partial charge in [0.25, 0.3) is 0 Å². The molecule has 0 amide bonds. The number of aliphatic hydroxyl groups is 1. The number of carbonyl (C=O) groups is 2. The Morgan fingerprint density at radius 3 is 1.05 bits per heavy atom. The summed E-state index contributed by atoms with van der Waals surface area (Å²) < 4.78 is 10.7. The molecule has 1 unspecified atom stereocenters. The molecule has 334 valence electrons. The zero-order chi connectivity index (χ0) is 41.4. The van der Waals surface area contributed by atoms with Gasteiger partial charge in [-0.25, -0.2) is 0 Å². The summed E-state index contributed by atoms with van der Waals surface area (Å²) in [7, 11) is 0. The van der Waals surface area contributed by atoms with Gasteiger partial charge in [-0.1, -0.05) is 217 Å². The maximum atomic E-state index is 12.2. The van der Waals surface area contributed by atoms with Crippen LogP contribution in [0.3, 0.4) is 0 Å². The van der Waals surface area contributed by atoms with Gasteiger partial charge in [0.1, 0.15) is 6.61 Å². The molecule has 57 heavy (non-hydrogen) atoms. The number of unbranched alkanes of at least 4 members (excludes halogenated alkanes) is 32. The summed E-state index contributed by atoms with van der Waals surface area (Å²) in [5, 5.41) is 9.60. The Hall–Kier alpha value is -1.88. The minimum absolute atomic E-state index is 0.0669. The monoisotopic (exact) mass is 801 g/mol. The lowest BCUT2D eigenvalue weighted by Gasteiger charge is -2.15. The summed E-state index contributed by atoms with van der Waals surface area (Å²) in [5.41, 5.74) is 0. The van der Waals surface area contributed by atoms with Crippen LogP contribution in [0.5, 0.6) is 0 Å². The molecular weight excluding hydrogens is 705 g/mol. The van der Waals surface area contributed by atoms with E-state index in [4.69, 9.17) is 9.47 Å². The SMILES string of the molecule is CCCCCCC/C=C\C/C=C\CCCCCCCCCCCCCCCCCCCC(=O)OC(CO)COC(=O)CCCCCCC/C=C\CCCCCCC. The normalized spacial score (nSPS) is 12.4. The summed E-state index contributed by atoms with van der Waals surface area (Å²) in [6.07, 6.45) is 61.0. The van der Waals surface area contributed by atoms with Gasteiger partial charge in [-0.2, -0.15) is 0 Å². The number of allylic oxidation sites excluding steroid dienone is 6. The van der Waals surface area contributed by atoms with E-state index in [2.05, 4.69) is 50.3 Å². The molecular formula is C52H96O5. The number of hydrogen-bond donors (Lipinski definition) is 1. The molecule has 0 aromatic carbocycles. The van der Waals surface area contributed by atoms with E-state index >= 15 is 0 Å². The minimum Gasteiger partial charge on any atom is -0.462 e. The molecule has 0 radical (unpaired) electrons. The first-order valence-electron chi connectivity index (χ1n) is 25.0. The molecule has 0 aliphatic rings. The lowest BCUT2D eigenvalue weighted by atomic mass is 10.0. The average Bonchev–Trinajstić information content (AvgIpc) is 3.21. The number of aliphatic hydroxyl groups excluding tert-OH is 1. The Kier molecular flexibility index (Phi) is 46.9. The Bertz CT molecular complexity index is 908.